The van der Waals surface area contributed by atoms with Crippen LogP contribution in [0.25, 0.3) is 0 Å². The van der Waals surface area contributed by atoms with Crippen molar-refractivity contribution in [2.45, 2.75) is 52.9 Å². The van der Waals surface area contributed by atoms with Crippen molar-refractivity contribution in [1.29, 1.82) is 0 Å². The summed E-state index contributed by atoms with van der Waals surface area (Å²) in [5.74, 6) is 2.15. The second kappa shape index (κ2) is 9.83. The molecule has 2 heterocycles. The summed E-state index contributed by atoms with van der Waals surface area (Å²) in [5.41, 5.74) is 2.86. The molecule has 30 heavy (non-hydrogen) atoms. The zero-order valence-electron chi connectivity index (χ0n) is 18.5. The Labute approximate surface area is 179 Å². The number of ketones is 1. The third-order valence-corrected chi connectivity index (χ3v) is 5.58. The molecule has 6 heteroatoms. The van der Waals surface area contributed by atoms with Gasteiger partial charge in [0.05, 0.1) is 0 Å². The molecule has 0 spiro atoms. The van der Waals surface area contributed by atoms with Crippen molar-refractivity contribution in [1.82, 2.24) is 14.9 Å². The highest BCUT2D eigenvalue weighted by atomic mass is 16.2. The molecule has 1 aliphatic rings. The molecule has 3 rings (SSSR count). The predicted molar refractivity (Wildman–Crippen MR) is 119 cm³/mol. The van der Waals surface area contributed by atoms with Crippen molar-refractivity contribution in [3.05, 3.63) is 53.0 Å². The van der Waals surface area contributed by atoms with Crippen molar-refractivity contribution in [3.63, 3.8) is 0 Å². The fraction of sp³-hybridized carbons (Fsp3) is 0.500. The van der Waals surface area contributed by atoms with Gasteiger partial charge in [-0.3, -0.25) is 9.59 Å². The van der Waals surface area contributed by atoms with Crippen LogP contribution >= 0.6 is 0 Å². The largest absolute Gasteiger partial charge is 0.353 e. The summed E-state index contributed by atoms with van der Waals surface area (Å²) in [6.45, 7) is 11.0. The van der Waals surface area contributed by atoms with Gasteiger partial charge in [-0.25, -0.2) is 9.97 Å². The maximum atomic E-state index is 12.6. The Bertz CT molecular complexity index is 885. The van der Waals surface area contributed by atoms with Gasteiger partial charge >= 0.3 is 0 Å². The topological polar surface area (TPSA) is 66.4 Å². The Morgan fingerprint density at radius 3 is 2.27 bits per heavy atom. The Morgan fingerprint density at radius 2 is 1.67 bits per heavy atom. The summed E-state index contributed by atoms with van der Waals surface area (Å²) in [6.07, 6.45) is 1.47. The summed E-state index contributed by atoms with van der Waals surface area (Å²) in [5, 5.41) is 0. The number of hydrogen-bond donors (Lipinski definition) is 0. The average Bonchev–Trinajstić information content (AvgIpc) is 2.77. The number of amides is 1. The van der Waals surface area contributed by atoms with Crippen LogP contribution < -0.4 is 4.90 Å². The number of hydrogen-bond acceptors (Lipinski definition) is 5. The van der Waals surface area contributed by atoms with Crippen molar-refractivity contribution >= 4 is 17.5 Å². The molecule has 2 aromatic rings. The van der Waals surface area contributed by atoms with Crippen LogP contribution in [0.3, 0.4) is 0 Å². The molecule has 1 saturated heterocycles. The number of aromatic nitrogens is 2. The minimum Gasteiger partial charge on any atom is -0.353 e. The summed E-state index contributed by atoms with van der Waals surface area (Å²) < 4.78 is 0. The first-order valence-corrected chi connectivity index (χ1v) is 10.9. The van der Waals surface area contributed by atoms with Gasteiger partial charge in [0.15, 0.2) is 5.78 Å². The second-order valence-electron chi connectivity index (χ2n) is 8.22. The number of piperazine rings is 1. The molecule has 160 valence electrons. The smallest absolute Gasteiger partial charge is 0.223 e. The summed E-state index contributed by atoms with van der Waals surface area (Å²) in [6, 6.07) is 9.69. The van der Waals surface area contributed by atoms with Crippen molar-refractivity contribution < 1.29 is 9.59 Å². The molecule has 0 N–H and O–H groups in total. The van der Waals surface area contributed by atoms with E-state index >= 15 is 0 Å². The number of benzene rings is 1. The predicted octanol–water partition coefficient (Wildman–Crippen LogP) is 3.78. The van der Waals surface area contributed by atoms with E-state index in [-0.39, 0.29) is 30.4 Å². The number of carbonyl (C=O) groups is 2. The van der Waals surface area contributed by atoms with E-state index in [9.17, 15) is 9.59 Å². The van der Waals surface area contributed by atoms with E-state index < -0.39 is 0 Å². The first-order chi connectivity index (χ1) is 14.4. The average molecular weight is 409 g/mol. The Morgan fingerprint density at radius 1 is 1.00 bits per heavy atom. The highest BCUT2D eigenvalue weighted by Crippen LogP contribution is 2.19. The molecule has 0 radical (unpaired) electrons. The molecule has 0 aliphatic carbocycles. The molecule has 6 nitrogen and oxygen atoms in total. The van der Waals surface area contributed by atoms with Gasteiger partial charge in [-0.1, -0.05) is 45.0 Å². The third kappa shape index (κ3) is 5.43. The van der Waals surface area contributed by atoms with Crippen LogP contribution in [0.15, 0.2) is 30.3 Å². The van der Waals surface area contributed by atoms with Crippen molar-refractivity contribution in [2.75, 3.05) is 31.1 Å². The van der Waals surface area contributed by atoms with Gasteiger partial charge in [-0.05, 0) is 18.9 Å². The van der Waals surface area contributed by atoms with Crippen molar-refractivity contribution in [3.8, 4) is 0 Å². The van der Waals surface area contributed by atoms with Crippen LogP contribution in [-0.4, -0.2) is 52.7 Å². The highest BCUT2D eigenvalue weighted by molar-refractivity contribution is 5.98. The van der Waals surface area contributed by atoms with Crippen LogP contribution in [0.2, 0.25) is 0 Å². The van der Waals surface area contributed by atoms with Gasteiger partial charge in [0.2, 0.25) is 5.91 Å². The quantitative estimate of drug-likeness (QED) is 0.652. The Hall–Kier alpha value is -2.76. The summed E-state index contributed by atoms with van der Waals surface area (Å²) >= 11 is 0. The maximum Gasteiger partial charge on any atom is 0.223 e. The van der Waals surface area contributed by atoms with E-state index in [1.807, 2.05) is 42.2 Å². The van der Waals surface area contributed by atoms with Crippen LogP contribution in [0.1, 0.15) is 67.0 Å². The monoisotopic (exact) mass is 408 g/mol. The van der Waals surface area contributed by atoms with E-state index in [2.05, 4.69) is 30.7 Å². The van der Waals surface area contributed by atoms with Gasteiger partial charge in [0.1, 0.15) is 11.6 Å². The highest BCUT2D eigenvalue weighted by Gasteiger charge is 2.23. The number of carbonyl (C=O) groups excluding carboxylic acids is 2. The van der Waals surface area contributed by atoms with Gasteiger partial charge in [-0.2, -0.15) is 0 Å². The lowest BCUT2D eigenvalue weighted by atomic mass is 10.0. The molecule has 0 saturated carbocycles. The Balaban J connectivity index is 1.51. The van der Waals surface area contributed by atoms with Crippen LogP contribution in [0.4, 0.5) is 5.82 Å². The van der Waals surface area contributed by atoms with Crippen LogP contribution in [0.5, 0.6) is 0 Å². The molecular formula is C24H32N4O2. The Kier molecular flexibility index (Phi) is 7.19. The number of anilines is 1. The summed E-state index contributed by atoms with van der Waals surface area (Å²) in [4.78, 5) is 38.3. The molecule has 1 aromatic heterocycles. The van der Waals surface area contributed by atoms with Crippen molar-refractivity contribution in [2.24, 2.45) is 0 Å². The van der Waals surface area contributed by atoms with Gasteiger partial charge in [-0.15, -0.1) is 0 Å². The number of rotatable bonds is 7. The van der Waals surface area contributed by atoms with Gasteiger partial charge < -0.3 is 9.80 Å². The molecular weight excluding hydrogens is 376 g/mol. The normalized spacial score (nSPS) is 14.3. The van der Waals surface area contributed by atoms with E-state index in [0.717, 1.165) is 36.8 Å². The second-order valence-corrected chi connectivity index (χ2v) is 8.22. The van der Waals surface area contributed by atoms with E-state index in [4.69, 9.17) is 4.98 Å². The minimum absolute atomic E-state index is 0.0299. The number of aryl methyl sites for hydroxylation is 2. The molecule has 0 unspecified atom stereocenters. The molecule has 1 amide bonds. The van der Waals surface area contributed by atoms with Crippen LogP contribution in [-0.2, 0) is 11.2 Å². The maximum absolute atomic E-state index is 12.6. The molecule has 0 bridgehead atoms. The lowest BCUT2D eigenvalue weighted by Gasteiger charge is -2.35. The van der Waals surface area contributed by atoms with Crippen LogP contribution in [0, 0.1) is 6.92 Å². The molecule has 1 aromatic carbocycles. The molecule has 1 fully saturated rings. The van der Waals surface area contributed by atoms with Gasteiger partial charge in [0, 0.05) is 62.3 Å². The standard InChI is InChI=1S/C24H32N4O2/c1-5-19-6-8-20(9-7-19)21(29)10-11-23(30)28-14-12-27(13-15-28)22-16-18(4)25-24(26-22)17(2)3/h6-9,16-17H,5,10-15H2,1-4H3. The fourth-order valence-corrected chi connectivity index (χ4v) is 3.63. The van der Waals surface area contributed by atoms with E-state index in [0.29, 0.717) is 18.7 Å². The van der Waals surface area contributed by atoms with E-state index in [1.165, 1.54) is 5.56 Å². The van der Waals surface area contributed by atoms with Gasteiger partial charge in [0.25, 0.3) is 0 Å². The fourth-order valence-electron chi connectivity index (χ4n) is 3.63. The first kappa shape index (κ1) is 21.9. The number of Topliss-reactive ketones (excluding diaryl/α,β-unsaturated/α-hetero) is 1. The van der Waals surface area contributed by atoms with E-state index in [1.54, 1.807) is 0 Å². The zero-order valence-corrected chi connectivity index (χ0v) is 18.5. The lowest BCUT2D eigenvalue weighted by molar-refractivity contribution is -0.131. The third-order valence-electron chi connectivity index (χ3n) is 5.58. The lowest BCUT2D eigenvalue weighted by Crippen LogP contribution is -2.49. The zero-order chi connectivity index (χ0) is 21.7. The minimum atomic E-state index is 0.0299. The number of nitrogens with zero attached hydrogens (tertiary/aromatic N) is 4. The SMILES string of the molecule is CCc1ccc(C(=O)CCC(=O)N2CCN(c3cc(C)nc(C(C)C)n3)CC2)cc1. The molecule has 0 atom stereocenters. The molecule has 1 aliphatic heterocycles. The first-order valence-electron chi connectivity index (χ1n) is 10.9. The summed E-state index contributed by atoms with van der Waals surface area (Å²) in [7, 11) is 0.